The minimum atomic E-state index is -1.25. The van der Waals surface area contributed by atoms with Crippen LogP contribution in [-0.4, -0.2) is 17.7 Å². The molecule has 0 aromatic heterocycles. The summed E-state index contributed by atoms with van der Waals surface area (Å²) in [6, 6.07) is 0. The van der Waals surface area contributed by atoms with Crippen molar-refractivity contribution >= 4 is 11.6 Å². The second-order valence-corrected chi connectivity index (χ2v) is 8.92. The van der Waals surface area contributed by atoms with E-state index >= 15 is 0 Å². The summed E-state index contributed by atoms with van der Waals surface area (Å²) in [6.07, 6.45) is 5.63. The number of halogens is 1. The van der Waals surface area contributed by atoms with Gasteiger partial charge in [0, 0.05) is 18.3 Å². The highest BCUT2D eigenvalue weighted by molar-refractivity contribution is 5.87. The van der Waals surface area contributed by atoms with Crippen LogP contribution in [0.4, 0.5) is 4.39 Å². The van der Waals surface area contributed by atoms with Crippen molar-refractivity contribution in [3.63, 3.8) is 0 Å². The lowest BCUT2D eigenvalue weighted by Crippen LogP contribution is -2.55. The van der Waals surface area contributed by atoms with Gasteiger partial charge in [0.25, 0.3) is 0 Å². The van der Waals surface area contributed by atoms with E-state index in [9.17, 15) is 14.0 Å². The third kappa shape index (κ3) is 1.77. The number of carbonyl (C=O) groups excluding carboxylic acids is 2. The smallest absolute Gasteiger partial charge is 0.167 e. The Labute approximate surface area is 132 Å². The largest absolute Gasteiger partial charge is 0.299 e. The lowest BCUT2D eigenvalue weighted by Gasteiger charge is -2.59. The highest BCUT2D eigenvalue weighted by Crippen LogP contribution is 2.65. The van der Waals surface area contributed by atoms with Crippen LogP contribution in [0.15, 0.2) is 0 Å². The Morgan fingerprint density at radius 1 is 1.05 bits per heavy atom. The van der Waals surface area contributed by atoms with Gasteiger partial charge in [-0.15, -0.1) is 0 Å². The number of fused-ring (bicyclic) bond motifs is 5. The summed E-state index contributed by atoms with van der Waals surface area (Å²) in [5.41, 5.74) is -0.132. The number of hydrogen-bond donors (Lipinski definition) is 0. The molecule has 0 bridgehead atoms. The molecule has 4 saturated carbocycles. The average Bonchev–Trinajstić information content (AvgIpc) is 2.77. The Hall–Kier alpha value is -0.730. The lowest BCUT2D eigenvalue weighted by atomic mass is 9.45. The molecular weight excluding hydrogens is 279 g/mol. The molecule has 2 unspecified atom stereocenters. The highest BCUT2D eigenvalue weighted by Gasteiger charge is 2.61. The summed E-state index contributed by atoms with van der Waals surface area (Å²) < 4.78 is 14.2. The van der Waals surface area contributed by atoms with Crippen molar-refractivity contribution in [3.8, 4) is 0 Å². The molecule has 122 valence electrons. The summed E-state index contributed by atoms with van der Waals surface area (Å²) in [5, 5.41) is 0. The average molecular weight is 306 g/mol. The molecule has 0 radical (unpaired) electrons. The Kier molecular flexibility index (Phi) is 3.13. The highest BCUT2D eigenvalue weighted by atomic mass is 19.1. The minimum Gasteiger partial charge on any atom is -0.299 e. The van der Waals surface area contributed by atoms with Gasteiger partial charge in [0.1, 0.15) is 5.78 Å². The van der Waals surface area contributed by atoms with Gasteiger partial charge in [-0.3, -0.25) is 9.59 Å². The molecule has 0 spiro atoms. The van der Waals surface area contributed by atoms with Crippen LogP contribution >= 0.6 is 0 Å². The molecule has 0 aliphatic heterocycles. The molecule has 0 amide bonds. The molecule has 4 aliphatic carbocycles. The fourth-order valence-corrected chi connectivity index (χ4v) is 6.83. The van der Waals surface area contributed by atoms with E-state index in [-0.39, 0.29) is 16.6 Å². The van der Waals surface area contributed by atoms with Gasteiger partial charge in [-0.25, -0.2) is 4.39 Å². The van der Waals surface area contributed by atoms with E-state index in [0.717, 1.165) is 38.5 Å². The first-order valence-electron chi connectivity index (χ1n) is 9.06. The van der Waals surface area contributed by atoms with Crippen LogP contribution < -0.4 is 0 Å². The van der Waals surface area contributed by atoms with Gasteiger partial charge in [-0.2, -0.15) is 0 Å². The van der Waals surface area contributed by atoms with Gasteiger partial charge in [0.05, 0.1) is 0 Å². The number of ketones is 2. The molecule has 2 nitrogen and oxygen atoms in total. The van der Waals surface area contributed by atoms with Crippen molar-refractivity contribution in [2.24, 2.45) is 34.5 Å². The van der Waals surface area contributed by atoms with E-state index in [1.165, 1.54) is 0 Å². The second-order valence-electron chi connectivity index (χ2n) is 8.92. The maximum absolute atomic E-state index is 14.2. The predicted octanol–water partition coefficient (Wildman–Crippen LogP) is 4.12. The van der Waals surface area contributed by atoms with Crippen LogP contribution in [0, 0.1) is 34.5 Å². The summed E-state index contributed by atoms with van der Waals surface area (Å²) in [7, 11) is 0. The molecule has 0 saturated heterocycles. The number of carbonyl (C=O) groups is 2. The van der Waals surface area contributed by atoms with Gasteiger partial charge in [0.15, 0.2) is 12.0 Å². The molecule has 0 aromatic rings. The Morgan fingerprint density at radius 2 is 1.82 bits per heavy atom. The van der Waals surface area contributed by atoms with E-state index in [4.69, 9.17) is 0 Å². The van der Waals surface area contributed by atoms with Gasteiger partial charge in [-0.1, -0.05) is 13.8 Å². The van der Waals surface area contributed by atoms with Crippen LogP contribution in [0.5, 0.6) is 0 Å². The Bertz CT molecular complexity index is 530. The van der Waals surface area contributed by atoms with Crippen molar-refractivity contribution in [1.29, 1.82) is 0 Å². The normalized spacial score (nSPS) is 54.6. The monoisotopic (exact) mass is 306 g/mol. The standard InChI is InChI=1S/C19H27FO2/c1-18-8-7-14-12(13(18)5-6-17(18)22)4-3-11-9-16(21)15(20)10-19(11,14)2/h11-15H,3-10H2,1-2H3/t11?,12-,13-,14-,15?,18-,19-/m0/s1. The van der Waals surface area contributed by atoms with Crippen LogP contribution in [0.25, 0.3) is 0 Å². The van der Waals surface area contributed by atoms with Crippen LogP contribution in [0.2, 0.25) is 0 Å². The molecule has 3 heteroatoms. The Balaban J connectivity index is 1.66. The topological polar surface area (TPSA) is 34.1 Å². The van der Waals surface area contributed by atoms with Crippen LogP contribution in [0.1, 0.15) is 65.2 Å². The molecule has 22 heavy (non-hydrogen) atoms. The lowest BCUT2D eigenvalue weighted by molar-refractivity contribution is -0.151. The van der Waals surface area contributed by atoms with Crippen molar-refractivity contribution in [2.75, 3.05) is 0 Å². The van der Waals surface area contributed by atoms with Crippen molar-refractivity contribution in [1.82, 2.24) is 0 Å². The zero-order valence-electron chi connectivity index (χ0n) is 13.7. The summed E-state index contributed by atoms with van der Waals surface area (Å²) >= 11 is 0. The van der Waals surface area contributed by atoms with Crippen molar-refractivity contribution in [2.45, 2.75) is 71.4 Å². The fraction of sp³-hybridized carbons (Fsp3) is 0.895. The summed E-state index contributed by atoms with van der Waals surface area (Å²) in [5.74, 6) is 2.26. The molecule has 0 aromatic carbocycles. The molecule has 4 rings (SSSR count). The first-order chi connectivity index (χ1) is 10.4. The zero-order chi connectivity index (χ0) is 15.7. The summed E-state index contributed by atoms with van der Waals surface area (Å²) in [6.45, 7) is 4.42. The van der Waals surface area contributed by atoms with E-state index in [0.29, 0.717) is 42.3 Å². The van der Waals surface area contributed by atoms with Gasteiger partial charge in [-0.05, 0) is 67.6 Å². The third-order valence-corrected chi connectivity index (χ3v) is 8.19. The number of alkyl halides is 1. The van der Waals surface area contributed by atoms with Gasteiger partial charge < -0.3 is 0 Å². The molecule has 4 fully saturated rings. The molecule has 4 aliphatic rings. The van der Waals surface area contributed by atoms with Crippen molar-refractivity contribution in [3.05, 3.63) is 0 Å². The minimum absolute atomic E-state index is 0.0246. The predicted molar refractivity (Wildman–Crippen MR) is 82.0 cm³/mol. The third-order valence-electron chi connectivity index (χ3n) is 8.19. The first kappa shape index (κ1) is 14.8. The maximum atomic E-state index is 14.2. The van der Waals surface area contributed by atoms with E-state index in [1.807, 2.05) is 0 Å². The van der Waals surface area contributed by atoms with Gasteiger partial charge in [0.2, 0.25) is 0 Å². The SMILES string of the molecule is C[C@]12CC(F)C(=O)CC1CC[C@@H]1[C@@H]2CC[C@]2(C)C(=O)CC[C@@H]12. The molecule has 7 atom stereocenters. The molecule has 0 heterocycles. The molecular formula is C19H27FO2. The number of Topliss-reactive ketones (excluding diaryl/α,β-unsaturated/α-hetero) is 2. The van der Waals surface area contributed by atoms with Crippen LogP contribution in [0.3, 0.4) is 0 Å². The van der Waals surface area contributed by atoms with E-state index in [2.05, 4.69) is 13.8 Å². The Morgan fingerprint density at radius 3 is 2.59 bits per heavy atom. The molecule has 0 N–H and O–H groups in total. The van der Waals surface area contributed by atoms with E-state index in [1.54, 1.807) is 0 Å². The number of hydrogen-bond acceptors (Lipinski definition) is 2. The van der Waals surface area contributed by atoms with Crippen molar-refractivity contribution < 1.29 is 14.0 Å². The first-order valence-corrected chi connectivity index (χ1v) is 9.06. The maximum Gasteiger partial charge on any atom is 0.167 e. The van der Waals surface area contributed by atoms with Crippen LogP contribution in [-0.2, 0) is 9.59 Å². The quantitative estimate of drug-likeness (QED) is 0.675. The zero-order valence-corrected chi connectivity index (χ0v) is 13.7. The second kappa shape index (κ2) is 4.64. The fourth-order valence-electron chi connectivity index (χ4n) is 6.83. The number of rotatable bonds is 0. The summed E-state index contributed by atoms with van der Waals surface area (Å²) in [4.78, 5) is 24.2. The van der Waals surface area contributed by atoms with Gasteiger partial charge >= 0.3 is 0 Å². The van der Waals surface area contributed by atoms with E-state index < -0.39 is 6.17 Å².